The van der Waals surface area contributed by atoms with Crippen LogP contribution < -0.4 is 15.8 Å². The van der Waals surface area contributed by atoms with Crippen LogP contribution in [0.5, 0.6) is 5.75 Å². The molecule has 4 rings (SSSR count). The molecule has 1 aliphatic carbocycles. The number of amides is 2. The second-order valence-corrected chi connectivity index (χ2v) is 7.96. The zero-order valence-corrected chi connectivity index (χ0v) is 17.1. The molecule has 2 aliphatic rings. The molecular formula is C18H18Cl3N5O2. The minimum Gasteiger partial charge on any atom is -0.492 e. The third kappa shape index (κ3) is 3.92. The minimum absolute atomic E-state index is 0.104. The highest BCUT2D eigenvalue weighted by molar-refractivity contribution is 6.37. The summed E-state index contributed by atoms with van der Waals surface area (Å²) in [5, 5.41) is 3.79. The summed E-state index contributed by atoms with van der Waals surface area (Å²) in [6.07, 6.45) is 2.04. The van der Waals surface area contributed by atoms with Gasteiger partial charge in [-0.3, -0.25) is 0 Å². The highest BCUT2D eigenvalue weighted by atomic mass is 35.5. The molecule has 1 fully saturated rings. The van der Waals surface area contributed by atoms with E-state index in [9.17, 15) is 4.79 Å². The van der Waals surface area contributed by atoms with Gasteiger partial charge in [0, 0.05) is 16.6 Å². The number of carbonyl (C=O) groups is 1. The molecule has 2 aromatic rings. The van der Waals surface area contributed by atoms with Crippen LogP contribution in [0.25, 0.3) is 11.3 Å². The number of nitrogen functional groups attached to an aromatic ring is 1. The summed E-state index contributed by atoms with van der Waals surface area (Å²) in [6.45, 7) is 0.998. The smallest absolute Gasteiger partial charge is 0.318 e. The Morgan fingerprint density at radius 2 is 2.07 bits per heavy atom. The predicted octanol–water partition coefficient (Wildman–Crippen LogP) is 3.84. The molecule has 1 saturated carbocycles. The Labute approximate surface area is 177 Å². The molecule has 3 N–H and O–H groups in total. The normalized spacial score (nSPS) is 15.5. The fraction of sp³-hybridized carbons (Fsp3) is 0.389. The van der Waals surface area contributed by atoms with E-state index in [1.807, 2.05) is 0 Å². The maximum absolute atomic E-state index is 12.5. The molecule has 0 atom stereocenters. The number of alkyl halides is 1. The van der Waals surface area contributed by atoms with Crippen molar-refractivity contribution in [2.75, 3.05) is 18.2 Å². The van der Waals surface area contributed by atoms with Crippen molar-refractivity contribution in [1.29, 1.82) is 0 Å². The third-order valence-corrected chi connectivity index (χ3v) is 5.25. The molecule has 1 aromatic heterocycles. The fourth-order valence-electron chi connectivity index (χ4n) is 3.16. The van der Waals surface area contributed by atoms with Crippen molar-refractivity contribution in [3.63, 3.8) is 0 Å². The van der Waals surface area contributed by atoms with Gasteiger partial charge >= 0.3 is 6.03 Å². The van der Waals surface area contributed by atoms with Crippen molar-refractivity contribution >= 4 is 46.8 Å². The molecular weight excluding hydrogens is 425 g/mol. The Kier molecular flexibility index (Phi) is 5.40. The fourth-order valence-corrected chi connectivity index (χ4v) is 3.80. The molecule has 0 radical (unpaired) electrons. The Morgan fingerprint density at radius 1 is 1.29 bits per heavy atom. The lowest BCUT2D eigenvalue weighted by Gasteiger charge is -2.17. The van der Waals surface area contributed by atoms with Crippen molar-refractivity contribution < 1.29 is 9.53 Å². The van der Waals surface area contributed by atoms with Crippen molar-refractivity contribution in [2.45, 2.75) is 32.0 Å². The molecule has 2 amide bonds. The lowest BCUT2D eigenvalue weighted by atomic mass is 10.0. The zero-order chi connectivity index (χ0) is 19.8. The maximum atomic E-state index is 12.5. The highest BCUT2D eigenvalue weighted by Crippen LogP contribution is 2.42. The van der Waals surface area contributed by atoms with Gasteiger partial charge in [-0.25, -0.2) is 14.8 Å². The molecule has 10 heteroatoms. The monoisotopic (exact) mass is 441 g/mol. The van der Waals surface area contributed by atoms with Crippen molar-refractivity contribution in [1.82, 2.24) is 20.2 Å². The summed E-state index contributed by atoms with van der Waals surface area (Å²) in [4.78, 5) is 22.9. The first-order chi connectivity index (χ1) is 13.5. The second kappa shape index (κ2) is 7.81. The largest absolute Gasteiger partial charge is 0.492 e. The van der Waals surface area contributed by atoms with Gasteiger partial charge in [0.15, 0.2) is 0 Å². The summed E-state index contributed by atoms with van der Waals surface area (Å²) >= 11 is 18.4. The van der Waals surface area contributed by atoms with Gasteiger partial charge in [0.25, 0.3) is 0 Å². The molecule has 148 valence electrons. The number of carbonyl (C=O) groups excluding carboxylic acids is 1. The zero-order valence-electron chi connectivity index (χ0n) is 14.8. The summed E-state index contributed by atoms with van der Waals surface area (Å²) < 4.78 is 5.74. The Morgan fingerprint density at radius 3 is 2.79 bits per heavy atom. The van der Waals surface area contributed by atoms with Crippen molar-refractivity contribution in [3.8, 4) is 17.0 Å². The van der Waals surface area contributed by atoms with E-state index in [-0.39, 0.29) is 24.6 Å². The van der Waals surface area contributed by atoms with Crippen LogP contribution in [0.3, 0.4) is 0 Å². The first-order valence-corrected chi connectivity index (χ1v) is 10.1. The van der Waals surface area contributed by atoms with E-state index >= 15 is 0 Å². The SMILES string of the molecule is Nc1nc2c(c(-c3c(Cl)cc(Cl)cc3OCCCl)n1)CN(C(=O)NC1CC1)C2. The molecule has 7 nitrogen and oxygen atoms in total. The average Bonchev–Trinajstić information content (AvgIpc) is 3.34. The topological polar surface area (TPSA) is 93.4 Å². The number of nitrogens with one attached hydrogen (secondary N) is 1. The van der Waals surface area contributed by atoms with Crippen LogP contribution in [-0.2, 0) is 13.1 Å². The minimum atomic E-state index is -0.120. The Balaban J connectivity index is 1.74. The number of urea groups is 1. The molecule has 0 unspecified atom stereocenters. The third-order valence-electron chi connectivity index (χ3n) is 4.58. The summed E-state index contributed by atoms with van der Waals surface area (Å²) in [5.74, 6) is 0.870. The van der Waals surface area contributed by atoms with E-state index in [4.69, 9.17) is 45.3 Å². The van der Waals surface area contributed by atoms with Gasteiger partial charge in [-0.15, -0.1) is 11.6 Å². The lowest BCUT2D eigenvalue weighted by molar-refractivity contribution is 0.197. The number of nitrogens with zero attached hydrogens (tertiary/aromatic N) is 3. The first kappa shape index (κ1) is 19.4. The van der Waals surface area contributed by atoms with Crippen molar-refractivity contribution in [3.05, 3.63) is 33.4 Å². The van der Waals surface area contributed by atoms with Crippen LogP contribution in [0, 0.1) is 0 Å². The van der Waals surface area contributed by atoms with Crippen LogP contribution >= 0.6 is 34.8 Å². The van der Waals surface area contributed by atoms with Crippen LogP contribution in [0.1, 0.15) is 24.1 Å². The molecule has 0 bridgehead atoms. The van der Waals surface area contributed by atoms with Crippen LogP contribution in [0.15, 0.2) is 12.1 Å². The van der Waals surface area contributed by atoms with E-state index in [1.54, 1.807) is 17.0 Å². The number of aromatic nitrogens is 2. The van der Waals surface area contributed by atoms with E-state index in [0.29, 0.717) is 51.7 Å². The number of halogens is 3. The van der Waals surface area contributed by atoms with E-state index < -0.39 is 0 Å². The number of ether oxygens (including phenoxy) is 1. The van der Waals surface area contributed by atoms with Gasteiger partial charge in [-0.1, -0.05) is 23.2 Å². The number of hydrogen-bond donors (Lipinski definition) is 2. The van der Waals surface area contributed by atoms with E-state index in [2.05, 4.69) is 15.3 Å². The number of nitrogens with two attached hydrogens (primary N) is 1. The standard InChI is InChI=1S/C18H18Cl3N5O2/c19-3-4-28-14-6-9(20)5-12(21)15(14)16-11-7-26(18(27)23-10-1-2-10)8-13(11)24-17(22)25-16/h5-6,10H,1-4,7-8H2,(H,23,27)(H2,22,24,25). The molecule has 0 spiro atoms. The maximum Gasteiger partial charge on any atom is 0.318 e. The molecule has 1 aliphatic heterocycles. The van der Waals surface area contributed by atoms with Crippen LogP contribution in [0.2, 0.25) is 10.0 Å². The van der Waals surface area contributed by atoms with Gasteiger partial charge in [0.1, 0.15) is 12.4 Å². The van der Waals surface area contributed by atoms with Gasteiger partial charge < -0.3 is 20.7 Å². The number of hydrogen-bond acceptors (Lipinski definition) is 5. The van der Waals surface area contributed by atoms with Gasteiger partial charge in [-0.2, -0.15) is 0 Å². The lowest BCUT2D eigenvalue weighted by Crippen LogP contribution is -2.37. The van der Waals surface area contributed by atoms with E-state index in [1.165, 1.54) is 0 Å². The average molecular weight is 443 g/mol. The summed E-state index contributed by atoms with van der Waals surface area (Å²) in [6, 6.07) is 3.43. The summed E-state index contributed by atoms with van der Waals surface area (Å²) in [5.41, 5.74) is 8.53. The highest BCUT2D eigenvalue weighted by Gasteiger charge is 2.33. The number of fused-ring (bicyclic) bond motifs is 1. The molecule has 28 heavy (non-hydrogen) atoms. The Hall–Kier alpha value is -1.96. The Bertz CT molecular complexity index is 936. The number of benzene rings is 1. The number of rotatable bonds is 5. The second-order valence-electron chi connectivity index (χ2n) is 6.73. The molecule has 1 aromatic carbocycles. The quantitative estimate of drug-likeness (QED) is 0.686. The van der Waals surface area contributed by atoms with Crippen LogP contribution in [-0.4, -0.2) is 39.4 Å². The van der Waals surface area contributed by atoms with Crippen molar-refractivity contribution in [2.24, 2.45) is 0 Å². The van der Waals surface area contributed by atoms with Gasteiger partial charge in [0.2, 0.25) is 5.95 Å². The van der Waals surface area contributed by atoms with E-state index in [0.717, 1.165) is 18.4 Å². The molecule has 0 saturated heterocycles. The first-order valence-electron chi connectivity index (χ1n) is 8.85. The predicted molar refractivity (Wildman–Crippen MR) is 109 cm³/mol. The van der Waals surface area contributed by atoms with Gasteiger partial charge in [0.05, 0.1) is 40.9 Å². The summed E-state index contributed by atoms with van der Waals surface area (Å²) in [7, 11) is 0. The van der Waals surface area contributed by atoms with Crippen LogP contribution in [0.4, 0.5) is 10.7 Å². The molecule has 2 heterocycles. The number of anilines is 1. The van der Waals surface area contributed by atoms with Gasteiger partial charge in [-0.05, 0) is 25.0 Å².